The first kappa shape index (κ1) is 12.2. The van der Waals surface area contributed by atoms with E-state index in [9.17, 15) is 4.79 Å². The van der Waals surface area contributed by atoms with E-state index in [0.29, 0.717) is 0 Å². The van der Waals surface area contributed by atoms with Crippen molar-refractivity contribution in [2.24, 2.45) is 0 Å². The van der Waals surface area contributed by atoms with Crippen molar-refractivity contribution in [3.63, 3.8) is 0 Å². The molecule has 1 rings (SSSR count). The lowest BCUT2D eigenvalue weighted by atomic mass is 9.89. The summed E-state index contributed by atoms with van der Waals surface area (Å²) in [6.07, 6.45) is 0. The molecule has 84 valence electrons. The van der Waals surface area contributed by atoms with Crippen LogP contribution in [0.5, 0.6) is 0 Å². The molecule has 0 spiro atoms. The van der Waals surface area contributed by atoms with Gasteiger partial charge in [-0.3, -0.25) is 4.79 Å². The smallest absolute Gasteiger partial charge is 0.233 e. The fourth-order valence-electron chi connectivity index (χ4n) is 1.65. The fraction of sp³-hybridized carbons (Fsp3) is 0.583. The number of carbonyl (C=O) groups excluding carboxylic acids is 1. The number of carbonyl (C=O) groups is 1. The molecule has 0 aromatic carbocycles. The van der Waals surface area contributed by atoms with E-state index in [1.165, 1.54) is 0 Å². The highest BCUT2D eigenvalue weighted by atomic mass is 32.1. The van der Waals surface area contributed by atoms with E-state index in [-0.39, 0.29) is 11.3 Å². The zero-order valence-corrected chi connectivity index (χ0v) is 10.7. The van der Waals surface area contributed by atoms with E-state index in [2.05, 4.69) is 0 Å². The number of hydrogen-bond acceptors (Lipinski definition) is 2. The zero-order chi connectivity index (χ0) is 11.5. The maximum Gasteiger partial charge on any atom is 0.233 e. The third kappa shape index (κ3) is 2.40. The van der Waals surface area contributed by atoms with Crippen LogP contribution in [0.25, 0.3) is 0 Å². The van der Waals surface area contributed by atoms with Gasteiger partial charge in [0, 0.05) is 18.0 Å². The van der Waals surface area contributed by atoms with Crippen molar-refractivity contribution >= 4 is 17.2 Å². The largest absolute Gasteiger partial charge is 0.342 e. The van der Waals surface area contributed by atoms with Crippen molar-refractivity contribution in [1.29, 1.82) is 0 Å². The second kappa shape index (κ2) is 4.79. The molecule has 2 nitrogen and oxygen atoms in total. The Hall–Kier alpha value is -0.830. The van der Waals surface area contributed by atoms with E-state index in [4.69, 9.17) is 0 Å². The molecule has 3 heteroatoms. The lowest BCUT2D eigenvalue weighted by molar-refractivity contribution is -0.135. The highest BCUT2D eigenvalue weighted by Crippen LogP contribution is 2.29. The average molecular weight is 225 g/mol. The normalized spacial score (nSPS) is 11.5. The van der Waals surface area contributed by atoms with Crippen LogP contribution in [0.15, 0.2) is 17.5 Å². The number of thiophene rings is 1. The first-order valence-electron chi connectivity index (χ1n) is 5.37. The molecule has 0 N–H and O–H groups in total. The van der Waals surface area contributed by atoms with Gasteiger partial charge in [0.1, 0.15) is 0 Å². The summed E-state index contributed by atoms with van der Waals surface area (Å²) < 4.78 is 0. The van der Waals surface area contributed by atoms with E-state index < -0.39 is 0 Å². The SMILES string of the molecule is CCN(CC)C(=O)C(C)(C)c1cccs1. The topological polar surface area (TPSA) is 20.3 Å². The minimum absolute atomic E-state index is 0.218. The molecule has 0 saturated carbocycles. The summed E-state index contributed by atoms with van der Waals surface area (Å²) in [6.45, 7) is 9.60. The highest BCUT2D eigenvalue weighted by molar-refractivity contribution is 7.10. The van der Waals surface area contributed by atoms with E-state index in [1.54, 1.807) is 11.3 Å². The molecular formula is C12H19NOS. The Morgan fingerprint density at radius 3 is 2.40 bits per heavy atom. The van der Waals surface area contributed by atoms with Gasteiger partial charge < -0.3 is 4.90 Å². The number of likely N-dealkylation sites (N-methyl/N-ethyl adjacent to an activating group) is 1. The molecule has 0 atom stereocenters. The molecule has 1 aromatic rings. The molecule has 0 aliphatic carbocycles. The van der Waals surface area contributed by atoms with Crippen LogP contribution in [0.2, 0.25) is 0 Å². The average Bonchev–Trinajstić information content (AvgIpc) is 2.72. The molecular weight excluding hydrogens is 206 g/mol. The molecule has 1 heterocycles. The predicted octanol–water partition coefficient (Wildman–Crippen LogP) is 2.89. The summed E-state index contributed by atoms with van der Waals surface area (Å²) in [7, 11) is 0. The van der Waals surface area contributed by atoms with Crippen LogP contribution in [0.3, 0.4) is 0 Å². The summed E-state index contributed by atoms with van der Waals surface area (Å²) in [5.41, 5.74) is -0.389. The van der Waals surface area contributed by atoms with Gasteiger partial charge >= 0.3 is 0 Å². The zero-order valence-electron chi connectivity index (χ0n) is 9.91. The molecule has 0 radical (unpaired) electrons. The van der Waals surface area contributed by atoms with Crippen LogP contribution >= 0.6 is 11.3 Å². The van der Waals surface area contributed by atoms with E-state index in [0.717, 1.165) is 18.0 Å². The third-order valence-corrected chi connectivity index (χ3v) is 3.92. The van der Waals surface area contributed by atoms with Gasteiger partial charge in [0.05, 0.1) is 5.41 Å². The van der Waals surface area contributed by atoms with Crippen molar-refractivity contribution in [1.82, 2.24) is 4.90 Å². The lowest BCUT2D eigenvalue weighted by Gasteiger charge is -2.29. The molecule has 0 aliphatic heterocycles. The fourth-order valence-corrected chi connectivity index (χ4v) is 2.49. The maximum absolute atomic E-state index is 12.3. The Kier molecular flexibility index (Phi) is 3.91. The quantitative estimate of drug-likeness (QED) is 0.771. The van der Waals surface area contributed by atoms with Gasteiger partial charge in [0.25, 0.3) is 0 Å². The van der Waals surface area contributed by atoms with Crippen molar-refractivity contribution in [2.45, 2.75) is 33.1 Å². The molecule has 0 bridgehead atoms. The van der Waals surface area contributed by atoms with Gasteiger partial charge in [0.2, 0.25) is 5.91 Å². The first-order valence-corrected chi connectivity index (χ1v) is 6.25. The molecule has 0 aliphatic rings. The monoisotopic (exact) mass is 225 g/mol. The van der Waals surface area contributed by atoms with Crippen LogP contribution in [0, 0.1) is 0 Å². The summed E-state index contributed by atoms with van der Waals surface area (Å²) >= 11 is 1.65. The van der Waals surface area contributed by atoms with Gasteiger partial charge in [-0.15, -0.1) is 11.3 Å². The van der Waals surface area contributed by atoms with E-state index in [1.807, 2.05) is 50.1 Å². The molecule has 15 heavy (non-hydrogen) atoms. The second-order valence-corrected chi connectivity index (χ2v) is 5.03. The lowest BCUT2D eigenvalue weighted by Crippen LogP contribution is -2.42. The summed E-state index contributed by atoms with van der Waals surface area (Å²) in [5.74, 6) is 0.218. The second-order valence-electron chi connectivity index (χ2n) is 4.08. The summed E-state index contributed by atoms with van der Waals surface area (Å²) in [4.78, 5) is 15.3. The maximum atomic E-state index is 12.3. The van der Waals surface area contributed by atoms with Gasteiger partial charge in [-0.25, -0.2) is 0 Å². The number of nitrogens with zero attached hydrogens (tertiary/aromatic N) is 1. The van der Waals surface area contributed by atoms with Crippen molar-refractivity contribution in [3.05, 3.63) is 22.4 Å². The van der Waals surface area contributed by atoms with Crippen LogP contribution < -0.4 is 0 Å². The van der Waals surface area contributed by atoms with Gasteiger partial charge in [-0.2, -0.15) is 0 Å². The Morgan fingerprint density at radius 2 is 2.00 bits per heavy atom. The van der Waals surface area contributed by atoms with Crippen LogP contribution in [-0.2, 0) is 10.2 Å². The Balaban J connectivity index is 2.91. The van der Waals surface area contributed by atoms with Crippen LogP contribution in [0.1, 0.15) is 32.6 Å². The van der Waals surface area contributed by atoms with Crippen molar-refractivity contribution in [2.75, 3.05) is 13.1 Å². The van der Waals surface area contributed by atoms with Crippen LogP contribution in [-0.4, -0.2) is 23.9 Å². The molecule has 0 unspecified atom stereocenters. The number of hydrogen-bond donors (Lipinski definition) is 0. The van der Waals surface area contributed by atoms with Crippen molar-refractivity contribution in [3.8, 4) is 0 Å². The van der Waals surface area contributed by atoms with E-state index >= 15 is 0 Å². The van der Waals surface area contributed by atoms with Gasteiger partial charge in [-0.05, 0) is 39.1 Å². The third-order valence-electron chi connectivity index (χ3n) is 2.72. The number of amides is 1. The Bertz CT molecular complexity index is 312. The summed E-state index contributed by atoms with van der Waals surface area (Å²) in [6, 6.07) is 4.03. The molecule has 1 amide bonds. The number of rotatable bonds is 4. The minimum Gasteiger partial charge on any atom is -0.342 e. The minimum atomic E-state index is -0.389. The van der Waals surface area contributed by atoms with Crippen LogP contribution in [0.4, 0.5) is 0 Å². The van der Waals surface area contributed by atoms with Gasteiger partial charge in [-0.1, -0.05) is 6.07 Å². The molecule has 0 fully saturated rings. The standard InChI is InChI=1S/C12H19NOS/c1-5-13(6-2)11(14)12(3,4)10-8-7-9-15-10/h7-9H,5-6H2,1-4H3. The van der Waals surface area contributed by atoms with Crippen molar-refractivity contribution < 1.29 is 4.79 Å². The molecule has 1 aromatic heterocycles. The molecule has 0 saturated heterocycles. The Morgan fingerprint density at radius 1 is 1.40 bits per heavy atom. The highest BCUT2D eigenvalue weighted by Gasteiger charge is 2.33. The summed E-state index contributed by atoms with van der Waals surface area (Å²) in [5, 5.41) is 2.02. The first-order chi connectivity index (χ1) is 7.04. The predicted molar refractivity (Wildman–Crippen MR) is 65.3 cm³/mol. The van der Waals surface area contributed by atoms with Gasteiger partial charge in [0.15, 0.2) is 0 Å². The Labute approximate surface area is 95.9 Å².